The number of hydrogen-bond donors (Lipinski definition) is 3. The average molecular weight is 292 g/mol. The second kappa shape index (κ2) is 6.16. The Balaban J connectivity index is 2.07. The second-order valence-electron chi connectivity index (χ2n) is 4.02. The molecule has 0 unspecified atom stereocenters. The molecule has 6 heteroatoms. The first-order valence-electron chi connectivity index (χ1n) is 5.86. The summed E-state index contributed by atoms with van der Waals surface area (Å²) in [6.07, 6.45) is 0. The van der Waals surface area contributed by atoms with Crippen molar-refractivity contribution < 1.29 is 9.53 Å². The number of urea groups is 1. The highest BCUT2D eigenvalue weighted by molar-refractivity contribution is 6.33. The molecule has 0 aromatic heterocycles. The van der Waals surface area contributed by atoms with E-state index >= 15 is 0 Å². The summed E-state index contributed by atoms with van der Waals surface area (Å²) in [6, 6.07) is 11.6. The summed E-state index contributed by atoms with van der Waals surface area (Å²) in [5, 5.41) is 5.81. The van der Waals surface area contributed by atoms with Crippen LogP contribution in [-0.4, -0.2) is 13.1 Å². The van der Waals surface area contributed by atoms with E-state index in [1.807, 2.05) is 6.07 Å². The highest BCUT2D eigenvalue weighted by atomic mass is 35.5. The molecule has 0 spiro atoms. The van der Waals surface area contributed by atoms with Gasteiger partial charge in [0.15, 0.2) is 0 Å². The molecule has 0 radical (unpaired) electrons. The summed E-state index contributed by atoms with van der Waals surface area (Å²) in [7, 11) is 1.54. The van der Waals surface area contributed by atoms with Gasteiger partial charge in [0.25, 0.3) is 0 Å². The summed E-state index contributed by atoms with van der Waals surface area (Å²) < 4.78 is 5.15. The normalized spacial score (nSPS) is 9.90. The number of halogens is 1. The number of amides is 2. The summed E-state index contributed by atoms with van der Waals surface area (Å²) in [5.74, 6) is 0.582. The second-order valence-corrected chi connectivity index (χ2v) is 4.42. The smallest absolute Gasteiger partial charge is 0.323 e. The van der Waals surface area contributed by atoms with Crippen LogP contribution in [-0.2, 0) is 0 Å². The van der Waals surface area contributed by atoms with Gasteiger partial charge in [-0.15, -0.1) is 0 Å². The van der Waals surface area contributed by atoms with Gasteiger partial charge in [0.1, 0.15) is 5.75 Å². The van der Waals surface area contributed by atoms with Gasteiger partial charge >= 0.3 is 6.03 Å². The zero-order chi connectivity index (χ0) is 14.5. The number of nitrogens with two attached hydrogens (primary N) is 1. The number of carbonyl (C=O) groups excluding carboxylic acids is 1. The highest BCUT2D eigenvalue weighted by Crippen LogP contribution is 2.24. The molecule has 104 valence electrons. The molecule has 0 fully saturated rings. The van der Waals surface area contributed by atoms with Gasteiger partial charge in [0, 0.05) is 5.69 Å². The SMILES string of the molecule is COc1ccccc1NC(=O)Nc1ccc(Cl)c(N)c1. The van der Waals surface area contributed by atoms with Crippen molar-refractivity contribution in [1.29, 1.82) is 0 Å². The number of ether oxygens (including phenoxy) is 1. The average Bonchev–Trinajstić information content (AvgIpc) is 2.43. The molecule has 2 amide bonds. The Kier molecular flexibility index (Phi) is 4.32. The van der Waals surface area contributed by atoms with Crippen LogP contribution in [0.5, 0.6) is 5.75 Å². The first kappa shape index (κ1) is 14.0. The maximum absolute atomic E-state index is 11.9. The van der Waals surface area contributed by atoms with Crippen molar-refractivity contribution in [2.45, 2.75) is 0 Å². The molecular formula is C14H14ClN3O2. The molecule has 0 saturated carbocycles. The van der Waals surface area contributed by atoms with Crippen molar-refractivity contribution in [3.63, 3.8) is 0 Å². The Bertz CT molecular complexity index is 632. The van der Waals surface area contributed by atoms with Gasteiger partial charge < -0.3 is 21.1 Å². The van der Waals surface area contributed by atoms with E-state index in [4.69, 9.17) is 22.1 Å². The van der Waals surface area contributed by atoms with Crippen LogP contribution in [0.1, 0.15) is 0 Å². The number of carbonyl (C=O) groups is 1. The predicted octanol–water partition coefficient (Wildman–Crippen LogP) is 3.57. The minimum atomic E-state index is -0.392. The lowest BCUT2D eigenvalue weighted by Crippen LogP contribution is -2.19. The number of hydrogen-bond acceptors (Lipinski definition) is 3. The molecule has 0 aliphatic carbocycles. The molecule has 2 aromatic rings. The van der Waals surface area contributed by atoms with E-state index < -0.39 is 6.03 Å². The molecule has 0 saturated heterocycles. The molecule has 20 heavy (non-hydrogen) atoms. The van der Waals surface area contributed by atoms with E-state index in [1.165, 1.54) is 7.11 Å². The van der Waals surface area contributed by atoms with Gasteiger partial charge in [-0.2, -0.15) is 0 Å². The molecule has 4 N–H and O–H groups in total. The molecule has 5 nitrogen and oxygen atoms in total. The topological polar surface area (TPSA) is 76.4 Å². The van der Waals surface area contributed by atoms with Gasteiger partial charge in [-0.25, -0.2) is 4.79 Å². The highest BCUT2D eigenvalue weighted by Gasteiger charge is 2.07. The van der Waals surface area contributed by atoms with Crippen molar-refractivity contribution >= 4 is 34.7 Å². The van der Waals surface area contributed by atoms with Gasteiger partial charge in [-0.1, -0.05) is 23.7 Å². The number of nitrogen functional groups attached to an aromatic ring is 1. The van der Waals surface area contributed by atoms with E-state index in [0.29, 0.717) is 27.8 Å². The van der Waals surface area contributed by atoms with Gasteiger partial charge in [0.2, 0.25) is 0 Å². The fourth-order valence-electron chi connectivity index (χ4n) is 1.65. The number of nitrogens with one attached hydrogen (secondary N) is 2. The first-order valence-corrected chi connectivity index (χ1v) is 6.24. The van der Waals surface area contributed by atoms with E-state index in [1.54, 1.807) is 36.4 Å². The summed E-state index contributed by atoms with van der Waals surface area (Å²) in [4.78, 5) is 11.9. The monoisotopic (exact) mass is 291 g/mol. The largest absolute Gasteiger partial charge is 0.495 e. The minimum Gasteiger partial charge on any atom is -0.495 e. The van der Waals surface area contributed by atoms with E-state index in [2.05, 4.69) is 10.6 Å². The Labute approximate surface area is 121 Å². The fourth-order valence-corrected chi connectivity index (χ4v) is 1.77. The number of methoxy groups -OCH3 is 1. The Morgan fingerprint density at radius 3 is 2.65 bits per heavy atom. The van der Waals surface area contributed by atoms with Crippen LogP contribution < -0.4 is 21.1 Å². The zero-order valence-corrected chi connectivity index (χ0v) is 11.6. The number of rotatable bonds is 3. The number of para-hydroxylation sites is 2. The van der Waals surface area contributed by atoms with E-state index in [-0.39, 0.29) is 0 Å². The molecule has 0 atom stereocenters. The van der Waals surface area contributed by atoms with Crippen molar-refractivity contribution in [3.05, 3.63) is 47.5 Å². The summed E-state index contributed by atoms with van der Waals surface area (Å²) >= 11 is 5.82. The van der Waals surface area contributed by atoms with Crippen molar-refractivity contribution in [2.75, 3.05) is 23.5 Å². The molecule has 2 aromatic carbocycles. The fraction of sp³-hybridized carbons (Fsp3) is 0.0714. The quantitative estimate of drug-likeness (QED) is 0.757. The van der Waals surface area contributed by atoms with Crippen LogP contribution in [0.15, 0.2) is 42.5 Å². The zero-order valence-electron chi connectivity index (χ0n) is 10.8. The molecule has 0 bridgehead atoms. The Morgan fingerprint density at radius 2 is 1.95 bits per heavy atom. The van der Waals surface area contributed by atoms with Crippen LogP contribution >= 0.6 is 11.6 Å². The van der Waals surface area contributed by atoms with Gasteiger partial charge in [-0.05, 0) is 30.3 Å². The summed E-state index contributed by atoms with van der Waals surface area (Å²) in [6.45, 7) is 0. The first-order chi connectivity index (χ1) is 9.60. The van der Waals surface area contributed by atoms with Gasteiger partial charge in [-0.3, -0.25) is 0 Å². The van der Waals surface area contributed by atoms with Crippen molar-refractivity contribution in [1.82, 2.24) is 0 Å². The lowest BCUT2D eigenvalue weighted by atomic mass is 10.3. The Morgan fingerprint density at radius 1 is 1.20 bits per heavy atom. The molecular weight excluding hydrogens is 278 g/mol. The minimum absolute atomic E-state index is 0.392. The van der Waals surface area contributed by atoms with Crippen molar-refractivity contribution in [2.24, 2.45) is 0 Å². The lowest BCUT2D eigenvalue weighted by molar-refractivity contribution is 0.262. The maximum atomic E-state index is 11.9. The molecule has 2 rings (SSSR count). The third-order valence-electron chi connectivity index (χ3n) is 2.61. The molecule has 0 aliphatic heterocycles. The number of anilines is 3. The predicted molar refractivity (Wildman–Crippen MR) is 81.5 cm³/mol. The van der Waals surface area contributed by atoms with Crippen molar-refractivity contribution in [3.8, 4) is 5.75 Å². The van der Waals surface area contributed by atoms with Crippen LogP contribution in [0.4, 0.5) is 21.9 Å². The third kappa shape index (κ3) is 3.33. The van der Waals surface area contributed by atoms with Crippen LogP contribution in [0.2, 0.25) is 5.02 Å². The Hall–Kier alpha value is -2.40. The van der Waals surface area contributed by atoms with Crippen LogP contribution in [0.3, 0.4) is 0 Å². The third-order valence-corrected chi connectivity index (χ3v) is 2.95. The number of benzene rings is 2. The molecule has 0 heterocycles. The standard InChI is InChI=1S/C14H14ClN3O2/c1-20-13-5-3-2-4-12(13)18-14(19)17-9-6-7-10(15)11(16)8-9/h2-8H,16H2,1H3,(H2,17,18,19). The van der Waals surface area contributed by atoms with Gasteiger partial charge in [0.05, 0.1) is 23.5 Å². The van der Waals surface area contributed by atoms with E-state index in [0.717, 1.165) is 0 Å². The van der Waals surface area contributed by atoms with Crippen LogP contribution in [0, 0.1) is 0 Å². The lowest BCUT2D eigenvalue weighted by Gasteiger charge is -2.11. The van der Waals surface area contributed by atoms with E-state index in [9.17, 15) is 4.79 Å². The maximum Gasteiger partial charge on any atom is 0.323 e. The summed E-state index contributed by atoms with van der Waals surface area (Å²) in [5.41, 5.74) is 7.21. The molecule has 0 aliphatic rings. The van der Waals surface area contributed by atoms with Crippen LogP contribution in [0.25, 0.3) is 0 Å².